The summed E-state index contributed by atoms with van der Waals surface area (Å²) in [5.74, 6) is -0.899. The van der Waals surface area contributed by atoms with Crippen molar-refractivity contribution < 1.29 is 12.8 Å². The topological polar surface area (TPSA) is 59.1 Å². The summed E-state index contributed by atoms with van der Waals surface area (Å²) < 4.78 is 39.1. The highest BCUT2D eigenvalue weighted by molar-refractivity contribution is 7.91. The van der Waals surface area contributed by atoms with E-state index < -0.39 is 15.8 Å². The lowest BCUT2D eigenvalue weighted by molar-refractivity contribution is 0.597. The van der Waals surface area contributed by atoms with E-state index in [9.17, 15) is 12.8 Å². The number of anilines is 1. The van der Waals surface area contributed by atoms with E-state index in [1.54, 1.807) is 24.3 Å². The van der Waals surface area contributed by atoms with E-state index in [0.717, 1.165) is 0 Å². The molecule has 0 bridgehead atoms. The van der Waals surface area contributed by atoms with Crippen LogP contribution in [0.2, 0.25) is 0 Å². The van der Waals surface area contributed by atoms with E-state index in [0.29, 0.717) is 5.69 Å². The van der Waals surface area contributed by atoms with Gasteiger partial charge in [-0.25, -0.2) is 12.8 Å². The number of sulfonamides is 1. The molecule has 6 heteroatoms. The first kappa shape index (κ1) is 12.5. The number of rotatable bonds is 4. The van der Waals surface area contributed by atoms with Crippen LogP contribution in [0.25, 0.3) is 0 Å². The van der Waals surface area contributed by atoms with Crippen LogP contribution >= 0.6 is 0 Å². The van der Waals surface area contributed by atoms with Crippen molar-refractivity contribution in [2.75, 3.05) is 4.72 Å². The minimum Gasteiger partial charge on any atom is -0.280 e. The lowest BCUT2D eigenvalue weighted by Gasteiger charge is -2.08. The smallest absolute Gasteiger partial charge is 0.238 e. The number of nitrogens with one attached hydrogen (secondary N) is 1. The zero-order valence-electron chi connectivity index (χ0n) is 9.38. The summed E-state index contributed by atoms with van der Waals surface area (Å²) in [5, 5.41) is 0. The quantitative estimate of drug-likeness (QED) is 0.922. The van der Waals surface area contributed by atoms with E-state index in [4.69, 9.17) is 0 Å². The Morgan fingerprint density at radius 1 is 1.11 bits per heavy atom. The number of hydrogen-bond donors (Lipinski definition) is 1. The van der Waals surface area contributed by atoms with Crippen molar-refractivity contribution >= 4 is 15.7 Å². The molecule has 0 fully saturated rings. The second-order valence-corrected chi connectivity index (χ2v) is 5.38. The van der Waals surface area contributed by atoms with Gasteiger partial charge in [0.25, 0.3) is 0 Å². The molecule has 0 unspecified atom stereocenters. The van der Waals surface area contributed by atoms with Gasteiger partial charge in [-0.3, -0.25) is 9.71 Å². The molecule has 1 aromatic heterocycles. The Balaban J connectivity index is 2.16. The largest absolute Gasteiger partial charge is 0.280 e. The number of halogens is 1. The van der Waals surface area contributed by atoms with Gasteiger partial charge in [-0.15, -0.1) is 0 Å². The first-order chi connectivity index (χ1) is 8.57. The predicted octanol–water partition coefficient (Wildman–Crippen LogP) is 2.16. The normalized spacial score (nSPS) is 11.2. The molecule has 0 amide bonds. The number of pyridine rings is 1. The molecule has 18 heavy (non-hydrogen) atoms. The van der Waals surface area contributed by atoms with Gasteiger partial charge in [-0.1, -0.05) is 18.2 Å². The number of hydrogen-bond acceptors (Lipinski definition) is 3. The van der Waals surface area contributed by atoms with Crippen molar-refractivity contribution in [3.05, 3.63) is 60.2 Å². The van der Waals surface area contributed by atoms with E-state index in [1.165, 1.54) is 24.4 Å². The van der Waals surface area contributed by atoms with Crippen LogP contribution in [0.15, 0.2) is 48.7 Å². The third kappa shape index (κ3) is 3.27. The van der Waals surface area contributed by atoms with Crippen LogP contribution in [0, 0.1) is 5.82 Å². The number of nitrogens with zero attached hydrogens (tertiary/aromatic N) is 1. The Bertz CT molecular complexity index is 630. The van der Waals surface area contributed by atoms with Crippen molar-refractivity contribution in [3.63, 3.8) is 0 Å². The fraction of sp³-hybridized carbons (Fsp3) is 0.0833. The number of benzene rings is 1. The summed E-state index contributed by atoms with van der Waals surface area (Å²) >= 11 is 0. The van der Waals surface area contributed by atoms with Crippen molar-refractivity contribution in [1.82, 2.24) is 4.98 Å². The third-order valence-electron chi connectivity index (χ3n) is 2.20. The van der Waals surface area contributed by atoms with Crippen LogP contribution in [0.3, 0.4) is 0 Å². The highest BCUT2D eigenvalue weighted by Crippen LogP contribution is 2.15. The summed E-state index contributed by atoms with van der Waals surface area (Å²) in [6, 6.07) is 10.6. The molecule has 2 aromatic rings. The Morgan fingerprint density at radius 2 is 1.83 bits per heavy atom. The molecule has 0 radical (unpaired) electrons. The van der Waals surface area contributed by atoms with Gasteiger partial charge in [0.05, 0.1) is 11.4 Å². The molecule has 4 nitrogen and oxygen atoms in total. The first-order valence-electron chi connectivity index (χ1n) is 5.22. The highest BCUT2D eigenvalue weighted by atomic mass is 32.2. The van der Waals surface area contributed by atoms with Gasteiger partial charge < -0.3 is 0 Å². The minimum absolute atomic E-state index is 0.0616. The van der Waals surface area contributed by atoms with E-state index in [2.05, 4.69) is 9.71 Å². The molecule has 0 saturated heterocycles. The van der Waals surface area contributed by atoms with E-state index in [1.807, 2.05) is 0 Å². The molecule has 0 saturated carbocycles. The van der Waals surface area contributed by atoms with Crippen LogP contribution < -0.4 is 4.72 Å². The molecule has 1 heterocycles. The Hall–Kier alpha value is -1.95. The van der Waals surface area contributed by atoms with Gasteiger partial charge in [-0.05, 0) is 24.3 Å². The van der Waals surface area contributed by atoms with Crippen LogP contribution in [0.4, 0.5) is 10.1 Å². The average molecular weight is 266 g/mol. The first-order valence-corrected chi connectivity index (χ1v) is 6.87. The molecule has 1 N–H and O–H groups in total. The third-order valence-corrected chi connectivity index (χ3v) is 3.41. The molecular formula is C12H11FN2O2S. The maximum atomic E-state index is 13.3. The van der Waals surface area contributed by atoms with Crippen molar-refractivity contribution in [2.45, 2.75) is 5.75 Å². The molecule has 0 spiro atoms. The molecule has 0 aliphatic carbocycles. The minimum atomic E-state index is -3.66. The second kappa shape index (κ2) is 5.14. The second-order valence-electron chi connectivity index (χ2n) is 3.66. The molecule has 0 aliphatic heterocycles. The van der Waals surface area contributed by atoms with Crippen molar-refractivity contribution in [1.29, 1.82) is 0 Å². The lowest BCUT2D eigenvalue weighted by Crippen LogP contribution is -2.16. The summed E-state index contributed by atoms with van der Waals surface area (Å²) in [6.07, 6.45) is 1.51. The summed E-state index contributed by atoms with van der Waals surface area (Å²) in [4.78, 5) is 3.92. The van der Waals surface area contributed by atoms with Crippen LogP contribution in [0.5, 0.6) is 0 Å². The van der Waals surface area contributed by atoms with Gasteiger partial charge in [-0.2, -0.15) is 0 Å². The summed E-state index contributed by atoms with van der Waals surface area (Å²) in [7, 11) is -3.66. The maximum Gasteiger partial charge on any atom is 0.238 e. The van der Waals surface area contributed by atoms with Gasteiger partial charge in [0.2, 0.25) is 10.0 Å². The molecule has 1 aromatic carbocycles. The standard InChI is InChI=1S/C12H11FN2O2S/c13-11-6-1-2-7-12(11)15-18(16,17)9-10-5-3-4-8-14-10/h1-8,15H,9H2. The SMILES string of the molecule is O=S(=O)(Cc1ccccn1)Nc1ccccc1F. The molecule has 0 atom stereocenters. The van der Waals surface area contributed by atoms with Crippen LogP contribution in [-0.2, 0) is 15.8 Å². The number of aromatic nitrogens is 1. The van der Waals surface area contributed by atoms with E-state index >= 15 is 0 Å². The molecular weight excluding hydrogens is 255 g/mol. The Kier molecular flexibility index (Phi) is 3.57. The van der Waals surface area contributed by atoms with Gasteiger partial charge in [0, 0.05) is 6.20 Å². The summed E-state index contributed by atoms with van der Waals surface area (Å²) in [6.45, 7) is 0. The van der Waals surface area contributed by atoms with Crippen LogP contribution in [-0.4, -0.2) is 13.4 Å². The van der Waals surface area contributed by atoms with Crippen molar-refractivity contribution in [3.8, 4) is 0 Å². The lowest BCUT2D eigenvalue weighted by atomic mass is 10.3. The molecule has 94 valence electrons. The fourth-order valence-electron chi connectivity index (χ4n) is 1.43. The maximum absolute atomic E-state index is 13.3. The Labute approximate surface area is 105 Å². The Morgan fingerprint density at radius 3 is 2.50 bits per heavy atom. The zero-order valence-corrected chi connectivity index (χ0v) is 10.2. The molecule has 0 aliphatic rings. The van der Waals surface area contributed by atoms with Gasteiger partial charge in [0.15, 0.2) is 0 Å². The monoisotopic (exact) mass is 266 g/mol. The summed E-state index contributed by atoms with van der Waals surface area (Å²) in [5.41, 5.74) is 0.342. The highest BCUT2D eigenvalue weighted by Gasteiger charge is 2.14. The predicted molar refractivity (Wildman–Crippen MR) is 66.9 cm³/mol. The number of para-hydroxylation sites is 1. The van der Waals surface area contributed by atoms with Crippen LogP contribution in [0.1, 0.15) is 5.69 Å². The average Bonchev–Trinajstić information content (AvgIpc) is 2.32. The van der Waals surface area contributed by atoms with Gasteiger partial charge >= 0.3 is 0 Å². The van der Waals surface area contributed by atoms with E-state index in [-0.39, 0.29) is 11.4 Å². The van der Waals surface area contributed by atoms with Gasteiger partial charge in [0.1, 0.15) is 11.6 Å². The zero-order chi connectivity index (χ0) is 13.0. The van der Waals surface area contributed by atoms with Crippen molar-refractivity contribution in [2.24, 2.45) is 0 Å². The molecule has 2 rings (SSSR count). The fourth-order valence-corrected chi connectivity index (χ4v) is 2.56.